The lowest BCUT2D eigenvalue weighted by atomic mass is 9.87. The number of rotatable bonds is 3. The van der Waals surface area contributed by atoms with Crippen LogP contribution in [-0.2, 0) is 5.54 Å². The summed E-state index contributed by atoms with van der Waals surface area (Å²) in [6.45, 7) is 11.7. The molecule has 1 aliphatic heterocycles. The van der Waals surface area contributed by atoms with Gasteiger partial charge in [0.15, 0.2) is 5.96 Å². The van der Waals surface area contributed by atoms with Crippen LogP contribution in [0.4, 0.5) is 0 Å². The predicted molar refractivity (Wildman–Crippen MR) is 81.3 cm³/mol. The molecule has 2 N–H and O–H groups in total. The molecule has 104 valence electrons. The molecule has 19 heavy (non-hydrogen) atoms. The van der Waals surface area contributed by atoms with E-state index in [0.29, 0.717) is 12.0 Å². The average Bonchev–Trinajstić information content (AvgIpc) is 2.65. The predicted octanol–water partition coefficient (Wildman–Crippen LogP) is 2.95. The van der Waals surface area contributed by atoms with Gasteiger partial charge in [0.25, 0.3) is 0 Å². The Morgan fingerprint density at radius 1 is 1.32 bits per heavy atom. The maximum Gasteiger partial charge on any atom is 0.192 e. The fourth-order valence-corrected chi connectivity index (χ4v) is 3.05. The second-order valence-corrected chi connectivity index (χ2v) is 5.95. The first-order valence-corrected chi connectivity index (χ1v) is 7.06. The number of aliphatic imine (C=N–C) groups is 1. The molecule has 0 saturated heterocycles. The Hall–Kier alpha value is -1.51. The molecule has 0 saturated carbocycles. The molecule has 0 amide bonds. The summed E-state index contributed by atoms with van der Waals surface area (Å²) in [6, 6.07) is 7.13. The summed E-state index contributed by atoms with van der Waals surface area (Å²) >= 11 is 0. The van der Waals surface area contributed by atoms with Crippen LogP contribution in [0.2, 0.25) is 0 Å². The summed E-state index contributed by atoms with van der Waals surface area (Å²) in [5.41, 5.74) is 9.91. The van der Waals surface area contributed by atoms with Crippen LogP contribution in [0.1, 0.15) is 43.9 Å². The summed E-state index contributed by atoms with van der Waals surface area (Å²) in [7, 11) is 0. The van der Waals surface area contributed by atoms with Crippen molar-refractivity contribution in [2.75, 3.05) is 6.54 Å². The maximum absolute atomic E-state index is 6.12. The Labute approximate surface area is 116 Å². The molecule has 1 heterocycles. The van der Waals surface area contributed by atoms with Gasteiger partial charge in [0.2, 0.25) is 0 Å². The van der Waals surface area contributed by atoms with E-state index in [-0.39, 0.29) is 5.54 Å². The van der Waals surface area contributed by atoms with Gasteiger partial charge in [-0.15, -0.1) is 0 Å². The largest absolute Gasteiger partial charge is 0.370 e. The quantitative estimate of drug-likeness (QED) is 0.906. The van der Waals surface area contributed by atoms with Crippen LogP contribution in [0.25, 0.3) is 0 Å². The molecule has 0 radical (unpaired) electrons. The summed E-state index contributed by atoms with van der Waals surface area (Å²) < 4.78 is 0. The van der Waals surface area contributed by atoms with Gasteiger partial charge in [-0.1, -0.05) is 36.2 Å². The third-order valence-electron chi connectivity index (χ3n) is 4.20. The van der Waals surface area contributed by atoms with Crippen LogP contribution in [-0.4, -0.2) is 23.4 Å². The Balaban J connectivity index is 2.46. The molecule has 0 spiro atoms. The van der Waals surface area contributed by atoms with Crippen LogP contribution in [0.3, 0.4) is 0 Å². The van der Waals surface area contributed by atoms with E-state index in [0.717, 1.165) is 13.0 Å². The second-order valence-electron chi connectivity index (χ2n) is 5.95. The molecule has 2 unspecified atom stereocenters. The molecule has 1 aromatic carbocycles. The maximum atomic E-state index is 6.12. The van der Waals surface area contributed by atoms with Crippen molar-refractivity contribution >= 4 is 5.96 Å². The minimum atomic E-state index is -0.115. The summed E-state index contributed by atoms with van der Waals surface area (Å²) in [6.07, 6.45) is 1.07. The molecule has 0 fully saturated rings. The lowest BCUT2D eigenvalue weighted by Crippen LogP contribution is -2.51. The van der Waals surface area contributed by atoms with Crippen LogP contribution in [0.5, 0.6) is 0 Å². The van der Waals surface area contributed by atoms with Crippen molar-refractivity contribution in [3.8, 4) is 0 Å². The first-order valence-electron chi connectivity index (χ1n) is 7.06. The van der Waals surface area contributed by atoms with E-state index >= 15 is 0 Å². The van der Waals surface area contributed by atoms with Gasteiger partial charge in [0.05, 0.1) is 12.1 Å². The van der Waals surface area contributed by atoms with Gasteiger partial charge >= 0.3 is 0 Å². The minimum Gasteiger partial charge on any atom is -0.370 e. The normalized spacial score (nSPS) is 24.5. The van der Waals surface area contributed by atoms with Crippen LogP contribution in [0.15, 0.2) is 23.2 Å². The molecular formula is C16H25N3. The Morgan fingerprint density at radius 3 is 2.42 bits per heavy atom. The molecular weight excluding hydrogens is 234 g/mol. The number of aryl methyl sites for hydroxylation is 2. The van der Waals surface area contributed by atoms with Gasteiger partial charge < -0.3 is 10.6 Å². The zero-order valence-electron chi connectivity index (χ0n) is 12.7. The number of guanidine groups is 1. The number of benzene rings is 1. The summed E-state index contributed by atoms with van der Waals surface area (Å²) in [4.78, 5) is 6.77. The third kappa shape index (κ3) is 2.34. The van der Waals surface area contributed by atoms with Gasteiger partial charge in [-0.3, -0.25) is 4.99 Å². The highest BCUT2D eigenvalue weighted by atomic mass is 15.4. The molecule has 2 rings (SSSR count). The van der Waals surface area contributed by atoms with Crippen molar-refractivity contribution in [2.24, 2.45) is 10.7 Å². The number of nitrogens with zero attached hydrogens (tertiary/aromatic N) is 2. The fourth-order valence-electron chi connectivity index (χ4n) is 3.05. The van der Waals surface area contributed by atoms with Crippen molar-refractivity contribution in [3.05, 3.63) is 34.9 Å². The van der Waals surface area contributed by atoms with Crippen LogP contribution < -0.4 is 5.73 Å². The Morgan fingerprint density at radius 2 is 1.89 bits per heavy atom. The van der Waals surface area contributed by atoms with Gasteiger partial charge in [-0.2, -0.15) is 0 Å². The zero-order chi connectivity index (χ0) is 14.2. The molecule has 0 aromatic heterocycles. The topological polar surface area (TPSA) is 41.6 Å². The highest BCUT2D eigenvalue weighted by Crippen LogP contribution is 2.35. The monoisotopic (exact) mass is 259 g/mol. The smallest absolute Gasteiger partial charge is 0.192 e. The molecule has 1 aromatic rings. The van der Waals surface area contributed by atoms with Crippen molar-refractivity contribution < 1.29 is 0 Å². The average molecular weight is 259 g/mol. The minimum absolute atomic E-state index is 0.115. The number of hydrogen-bond acceptors (Lipinski definition) is 3. The van der Waals surface area contributed by atoms with E-state index < -0.39 is 0 Å². The molecule has 3 nitrogen and oxygen atoms in total. The first-order chi connectivity index (χ1) is 8.88. The van der Waals surface area contributed by atoms with E-state index in [4.69, 9.17) is 5.73 Å². The number of hydrogen-bond donors (Lipinski definition) is 1. The molecule has 2 atom stereocenters. The first kappa shape index (κ1) is 13.9. The SMILES string of the molecule is CCC(C)N1C(N)=NCC1(C)c1cc(C)cc(C)c1. The van der Waals surface area contributed by atoms with Crippen molar-refractivity contribution in [1.29, 1.82) is 0 Å². The summed E-state index contributed by atoms with van der Waals surface area (Å²) in [5, 5.41) is 0. The van der Waals surface area contributed by atoms with Crippen molar-refractivity contribution in [2.45, 2.75) is 52.6 Å². The number of nitrogens with two attached hydrogens (primary N) is 1. The van der Waals surface area contributed by atoms with Crippen molar-refractivity contribution in [1.82, 2.24) is 4.90 Å². The van der Waals surface area contributed by atoms with E-state index in [1.165, 1.54) is 16.7 Å². The van der Waals surface area contributed by atoms with E-state index in [2.05, 4.69) is 62.7 Å². The van der Waals surface area contributed by atoms with E-state index in [1.54, 1.807) is 0 Å². The third-order valence-corrected chi connectivity index (χ3v) is 4.20. The molecule has 3 heteroatoms. The highest BCUT2D eigenvalue weighted by Gasteiger charge is 2.41. The van der Waals surface area contributed by atoms with Gasteiger partial charge in [-0.05, 0) is 39.7 Å². The zero-order valence-corrected chi connectivity index (χ0v) is 12.7. The second kappa shape index (κ2) is 4.87. The summed E-state index contributed by atoms with van der Waals surface area (Å²) in [5.74, 6) is 0.677. The molecule has 0 bridgehead atoms. The lowest BCUT2D eigenvalue weighted by molar-refractivity contribution is 0.171. The van der Waals surface area contributed by atoms with Crippen LogP contribution >= 0.6 is 0 Å². The van der Waals surface area contributed by atoms with E-state index in [1.807, 2.05) is 0 Å². The Kier molecular flexibility index (Phi) is 3.57. The fraction of sp³-hybridized carbons (Fsp3) is 0.562. The van der Waals surface area contributed by atoms with Crippen molar-refractivity contribution in [3.63, 3.8) is 0 Å². The van der Waals surface area contributed by atoms with Crippen LogP contribution in [0, 0.1) is 13.8 Å². The molecule has 0 aliphatic carbocycles. The van der Waals surface area contributed by atoms with Gasteiger partial charge in [0.1, 0.15) is 0 Å². The molecule has 1 aliphatic rings. The van der Waals surface area contributed by atoms with Gasteiger partial charge in [-0.25, -0.2) is 0 Å². The highest BCUT2D eigenvalue weighted by molar-refractivity contribution is 5.81. The standard InChI is InChI=1S/C16H25N3/c1-6-13(4)19-15(17)18-10-16(19,5)14-8-11(2)7-12(3)9-14/h7-9,13H,6,10H2,1-5H3,(H2,17,18). The van der Waals surface area contributed by atoms with E-state index in [9.17, 15) is 0 Å². The lowest BCUT2D eigenvalue weighted by Gasteiger charge is -2.41. The Bertz CT molecular complexity index is 486. The van der Waals surface area contributed by atoms with Gasteiger partial charge in [0, 0.05) is 6.04 Å².